The van der Waals surface area contributed by atoms with E-state index in [0.717, 1.165) is 25.7 Å². The quantitative estimate of drug-likeness (QED) is 0.891. The summed E-state index contributed by atoms with van der Waals surface area (Å²) in [5.41, 5.74) is 0.0720. The third-order valence-corrected chi connectivity index (χ3v) is 4.11. The SMILES string of the molecule is CCC1CCCC(Oc2cccc(Cl)c2C(=O)O)C1. The lowest BCUT2D eigenvalue weighted by Crippen LogP contribution is -2.25. The van der Waals surface area contributed by atoms with Crippen LogP contribution in [0.25, 0.3) is 0 Å². The van der Waals surface area contributed by atoms with Crippen molar-refractivity contribution in [2.75, 3.05) is 0 Å². The Balaban J connectivity index is 2.14. The number of ether oxygens (including phenoxy) is 1. The van der Waals surface area contributed by atoms with Crippen LogP contribution < -0.4 is 4.74 Å². The van der Waals surface area contributed by atoms with Gasteiger partial charge in [-0.2, -0.15) is 0 Å². The second-order valence-electron chi connectivity index (χ2n) is 5.10. The van der Waals surface area contributed by atoms with E-state index in [1.165, 1.54) is 6.42 Å². The second-order valence-corrected chi connectivity index (χ2v) is 5.51. The lowest BCUT2D eigenvalue weighted by molar-refractivity contribution is 0.0682. The van der Waals surface area contributed by atoms with E-state index >= 15 is 0 Å². The third kappa shape index (κ3) is 3.41. The molecule has 1 fully saturated rings. The lowest BCUT2D eigenvalue weighted by atomic mass is 9.85. The van der Waals surface area contributed by atoms with Crippen molar-refractivity contribution < 1.29 is 14.6 Å². The molecular weight excluding hydrogens is 264 g/mol. The average molecular weight is 283 g/mol. The van der Waals surface area contributed by atoms with Gasteiger partial charge in [0.1, 0.15) is 11.3 Å². The van der Waals surface area contributed by atoms with Gasteiger partial charge in [0.15, 0.2) is 0 Å². The summed E-state index contributed by atoms with van der Waals surface area (Å²) < 4.78 is 5.90. The van der Waals surface area contributed by atoms with E-state index in [1.54, 1.807) is 18.2 Å². The molecule has 1 aromatic rings. The van der Waals surface area contributed by atoms with Gasteiger partial charge in [0.25, 0.3) is 0 Å². The molecule has 2 unspecified atom stereocenters. The van der Waals surface area contributed by atoms with Gasteiger partial charge in [-0.1, -0.05) is 37.4 Å². The molecule has 0 amide bonds. The molecule has 1 saturated carbocycles. The predicted octanol–water partition coefficient (Wildman–Crippen LogP) is 4.39. The van der Waals surface area contributed by atoms with Crippen molar-refractivity contribution in [2.24, 2.45) is 5.92 Å². The number of aromatic carboxylic acids is 1. The van der Waals surface area contributed by atoms with Gasteiger partial charge in [-0.3, -0.25) is 0 Å². The maximum atomic E-state index is 11.2. The van der Waals surface area contributed by atoms with Crippen molar-refractivity contribution in [3.8, 4) is 5.75 Å². The van der Waals surface area contributed by atoms with Crippen LogP contribution in [0.2, 0.25) is 5.02 Å². The van der Waals surface area contributed by atoms with E-state index in [4.69, 9.17) is 16.3 Å². The fraction of sp³-hybridized carbons (Fsp3) is 0.533. The molecule has 0 aliphatic heterocycles. The summed E-state index contributed by atoms with van der Waals surface area (Å²) in [5, 5.41) is 9.44. The molecule has 2 rings (SSSR count). The van der Waals surface area contributed by atoms with Gasteiger partial charge in [0.05, 0.1) is 11.1 Å². The van der Waals surface area contributed by atoms with Crippen LogP contribution in [0.1, 0.15) is 49.4 Å². The van der Waals surface area contributed by atoms with Gasteiger partial charge >= 0.3 is 5.97 Å². The Morgan fingerprint density at radius 2 is 2.26 bits per heavy atom. The molecule has 1 N–H and O–H groups in total. The number of halogens is 1. The summed E-state index contributed by atoms with van der Waals surface area (Å²) in [6.45, 7) is 2.19. The molecule has 0 radical (unpaired) electrons. The molecule has 4 heteroatoms. The van der Waals surface area contributed by atoms with E-state index in [-0.39, 0.29) is 16.7 Å². The van der Waals surface area contributed by atoms with Crippen molar-refractivity contribution in [3.63, 3.8) is 0 Å². The maximum absolute atomic E-state index is 11.2. The van der Waals surface area contributed by atoms with Crippen LogP contribution in [-0.4, -0.2) is 17.2 Å². The smallest absolute Gasteiger partial charge is 0.341 e. The highest BCUT2D eigenvalue weighted by molar-refractivity contribution is 6.33. The summed E-state index contributed by atoms with van der Waals surface area (Å²) in [7, 11) is 0. The largest absolute Gasteiger partial charge is 0.489 e. The summed E-state index contributed by atoms with van der Waals surface area (Å²) in [6, 6.07) is 4.99. The van der Waals surface area contributed by atoms with Crippen molar-refractivity contribution in [3.05, 3.63) is 28.8 Å². The van der Waals surface area contributed by atoms with Crippen LogP contribution in [0.15, 0.2) is 18.2 Å². The fourth-order valence-electron chi connectivity index (χ4n) is 2.71. The molecule has 104 valence electrons. The van der Waals surface area contributed by atoms with Crippen LogP contribution in [0.3, 0.4) is 0 Å². The normalized spacial score (nSPS) is 23.1. The summed E-state index contributed by atoms with van der Waals surface area (Å²) in [6.07, 6.45) is 5.64. The zero-order chi connectivity index (χ0) is 13.8. The Hall–Kier alpha value is -1.22. The number of benzene rings is 1. The molecule has 1 aliphatic carbocycles. The van der Waals surface area contributed by atoms with Crippen LogP contribution in [0.4, 0.5) is 0 Å². The van der Waals surface area contributed by atoms with Crippen LogP contribution in [0.5, 0.6) is 5.75 Å². The fourth-order valence-corrected chi connectivity index (χ4v) is 2.96. The average Bonchev–Trinajstić information content (AvgIpc) is 2.38. The molecular formula is C15H19ClO3. The molecule has 0 spiro atoms. The van der Waals surface area contributed by atoms with Gasteiger partial charge in [-0.05, 0) is 37.3 Å². The van der Waals surface area contributed by atoms with Crippen LogP contribution in [-0.2, 0) is 0 Å². The number of hydrogen-bond donors (Lipinski definition) is 1. The zero-order valence-corrected chi connectivity index (χ0v) is 11.8. The first-order chi connectivity index (χ1) is 9.11. The number of carbonyl (C=O) groups is 1. The zero-order valence-electron chi connectivity index (χ0n) is 11.1. The van der Waals surface area contributed by atoms with E-state index in [1.807, 2.05) is 0 Å². The van der Waals surface area contributed by atoms with Crippen molar-refractivity contribution >= 4 is 17.6 Å². The van der Waals surface area contributed by atoms with Gasteiger partial charge in [-0.25, -0.2) is 4.79 Å². The molecule has 0 aromatic heterocycles. The summed E-state index contributed by atoms with van der Waals surface area (Å²) >= 11 is 5.94. The first-order valence-electron chi connectivity index (χ1n) is 6.80. The summed E-state index contributed by atoms with van der Waals surface area (Å²) in [4.78, 5) is 11.2. The Bertz CT molecular complexity index is 459. The van der Waals surface area contributed by atoms with Gasteiger partial charge < -0.3 is 9.84 Å². The standard InChI is InChI=1S/C15H19ClO3/c1-2-10-5-3-6-11(9-10)19-13-8-4-7-12(16)14(13)15(17)18/h4,7-8,10-11H,2-3,5-6,9H2,1H3,(H,17,18). The predicted molar refractivity (Wildman–Crippen MR) is 75.1 cm³/mol. The van der Waals surface area contributed by atoms with Gasteiger partial charge in [-0.15, -0.1) is 0 Å². The Morgan fingerprint density at radius 3 is 2.95 bits per heavy atom. The number of carboxylic acids is 1. The van der Waals surface area contributed by atoms with E-state index < -0.39 is 5.97 Å². The number of hydrogen-bond acceptors (Lipinski definition) is 2. The van der Waals surface area contributed by atoms with Crippen molar-refractivity contribution in [1.29, 1.82) is 0 Å². The highest BCUT2D eigenvalue weighted by atomic mass is 35.5. The van der Waals surface area contributed by atoms with E-state index in [9.17, 15) is 9.90 Å². The molecule has 19 heavy (non-hydrogen) atoms. The Labute approximate surface area is 118 Å². The minimum absolute atomic E-state index is 0.0720. The Kier molecular flexibility index (Phi) is 4.70. The second kappa shape index (κ2) is 6.29. The molecule has 0 saturated heterocycles. The molecule has 3 nitrogen and oxygen atoms in total. The van der Waals surface area contributed by atoms with E-state index in [0.29, 0.717) is 11.7 Å². The van der Waals surface area contributed by atoms with Crippen LogP contribution >= 0.6 is 11.6 Å². The van der Waals surface area contributed by atoms with Gasteiger partial charge in [0, 0.05) is 0 Å². The molecule has 2 atom stereocenters. The monoisotopic (exact) mass is 282 g/mol. The lowest BCUT2D eigenvalue weighted by Gasteiger charge is -2.29. The highest BCUT2D eigenvalue weighted by Crippen LogP contribution is 2.32. The first-order valence-corrected chi connectivity index (χ1v) is 7.18. The molecule has 1 aromatic carbocycles. The van der Waals surface area contributed by atoms with Crippen LogP contribution in [0, 0.1) is 5.92 Å². The summed E-state index contributed by atoms with van der Waals surface area (Å²) in [5.74, 6) is 0.0383. The number of carboxylic acid groups (broad SMARTS) is 1. The first kappa shape index (κ1) is 14.2. The van der Waals surface area contributed by atoms with E-state index in [2.05, 4.69) is 6.92 Å². The molecule has 0 heterocycles. The third-order valence-electron chi connectivity index (χ3n) is 3.79. The van der Waals surface area contributed by atoms with Gasteiger partial charge in [0.2, 0.25) is 0 Å². The Morgan fingerprint density at radius 1 is 1.47 bits per heavy atom. The van der Waals surface area contributed by atoms with Crippen molar-refractivity contribution in [2.45, 2.75) is 45.1 Å². The number of rotatable bonds is 4. The topological polar surface area (TPSA) is 46.5 Å². The van der Waals surface area contributed by atoms with Crippen molar-refractivity contribution in [1.82, 2.24) is 0 Å². The highest BCUT2D eigenvalue weighted by Gasteiger charge is 2.24. The molecule has 1 aliphatic rings. The maximum Gasteiger partial charge on any atom is 0.341 e. The minimum atomic E-state index is -1.04. The minimum Gasteiger partial charge on any atom is -0.489 e. The molecule has 0 bridgehead atoms.